The molecule has 0 bridgehead atoms. The molecule has 1 fully saturated rings. The van der Waals surface area contributed by atoms with Crippen LogP contribution in [-0.2, 0) is 4.74 Å². The van der Waals surface area contributed by atoms with E-state index < -0.39 is 0 Å². The summed E-state index contributed by atoms with van der Waals surface area (Å²) in [6.07, 6.45) is 9.52. The first-order valence-corrected chi connectivity index (χ1v) is 9.27. The molecule has 114 valence electrons. The second-order valence-corrected chi connectivity index (χ2v) is 7.24. The Labute approximate surface area is 124 Å². The maximum Gasteiger partial charge on any atom is 0.0576 e. The minimum absolute atomic E-state index is 0.564. The maximum absolute atomic E-state index is 5.71. The number of hydrogen-bond acceptors (Lipinski definition) is 3. The SMILES string of the molecule is CCCNC(CCCC1CCCO1)CSC(C)CC. The van der Waals surface area contributed by atoms with Gasteiger partial charge >= 0.3 is 0 Å². The van der Waals surface area contributed by atoms with Gasteiger partial charge in [-0.1, -0.05) is 20.8 Å². The van der Waals surface area contributed by atoms with Crippen LogP contribution < -0.4 is 5.32 Å². The van der Waals surface area contributed by atoms with Crippen LogP contribution in [0.4, 0.5) is 0 Å². The standard InChI is InChI=1S/C16H33NOS/c1-4-11-17-15(13-19-14(3)5-2)8-6-9-16-10-7-12-18-16/h14-17H,4-13H2,1-3H3. The van der Waals surface area contributed by atoms with Crippen LogP contribution in [0.2, 0.25) is 0 Å². The Hall–Kier alpha value is 0.270. The Morgan fingerprint density at radius 2 is 2.21 bits per heavy atom. The Bertz CT molecular complexity index is 207. The molecule has 2 nitrogen and oxygen atoms in total. The van der Waals surface area contributed by atoms with Gasteiger partial charge in [-0.25, -0.2) is 0 Å². The van der Waals surface area contributed by atoms with Gasteiger partial charge in [0, 0.05) is 23.7 Å². The van der Waals surface area contributed by atoms with Crippen LogP contribution in [0.25, 0.3) is 0 Å². The highest BCUT2D eigenvalue weighted by molar-refractivity contribution is 7.99. The second-order valence-electron chi connectivity index (χ2n) is 5.77. The smallest absolute Gasteiger partial charge is 0.0576 e. The molecule has 0 spiro atoms. The van der Waals surface area contributed by atoms with E-state index in [2.05, 4.69) is 37.8 Å². The number of hydrogen-bond donors (Lipinski definition) is 1. The van der Waals surface area contributed by atoms with E-state index in [0.717, 1.165) is 18.4 Å². The van der Waals surface area contributed by atoms with E-state index >= 15 is 0 Å². The molecule has 1 rings (SSSR count). The van der Waals surface area contributed by atoms with Gasteiger partial charge in [-0.3, -0.25) is 0 Å². The van der Waals surface area contributed by atoms with Crippen molar-refractivity contribution in [2.24, 2.45) is 0 Å². The minimum Gasteiger partial charge on any atom is -0.378 e. The Balaban J connectivity index is 2.15. The molecular weight excluding hydrogens is 254 g/mol. The van der Waals surface area contributed by atoms with Crippen LogP contribution in [0.15, 0.2) is 0 Å². The molecule has 19 heavy (non-hydrogen) atoms. The molecular formula is C16H33NOS. The highest BCUT2D eigenvalue weighted by atomic mass is 32.2. The summed E-state index contributed by atoms with van der Waals surface area (Å²) >= 11 is 2.12. The van der Waals surface area contributed by atoms with Crippen LogP contribution in [0, 0.1) is 0 Å². The highest BCUT2D eigenvalue weighted by Crippen LogP contribution is 2.20. The van der Waals surface area contributed by atoms with Crippen molar-refractivity contribution < 1.29 is 4.74 Å². The van der Waals surface area contributed by atoms with E-state index in [1.54, 1.807) is 0 Å². The molecule has 1 saturated heterocycles. The summed E-state index contributed by atoms with van der Waals surface area (Å²) < 4.78 is 5.71. The van der Waals surface area contributed by atoms with E-state index in [-0.39, 0.29) is 0 Å². The van der Waals surface area contributed by atoms with Crippen molar-refractivity contribution in [3.8, 4) is 0 Å². The van der Waals surface area contributed by atoms with Crippen molar-refractivity contribution in [3.63, 3.8) is 0 Å². The fourth-order valence-corrected chi connectivity index (χ4v) is 3.54. The van der Waals surface area contributed by atoms with E-state index in [1.165, 1.54) is 50.7 Å². The topological polar surface area (TPSA) is 21.3 Å². The Morgan fingerprint density at radius 1 is 1.37 bits per heavy atom. The molecule has 0 saturated carbocycles. The lowest BCUT2D eigenvalue weighted by atomic mass is 10.1. The van der Waals surface area contributed by atoms with Crippen LogP contribution in [0.3, 0.4) is 0 Å². The highest BCUT2D eigenvalue weighted by Gasteiger charge is 2.16. The largest absolute Gasteiger partial charge is 0.378 e. The van der Waals surface area contributed by atoms with E-state index in [0.29, 0.717) is 12.1 Å². The molecule has 1 heterocycles. The number of thioether (sulfide) groups is 1. The minimum atomic E-state index is 0.564. The van der Waals surface area contributed by atoms with Crippen molar-refractivity contribution in [1.82, 2.24) is 5.32 Å². The monoisotopic (exact) mass is 287 g/mol. The number of nitrogens with one attached hydrogen (secondary N) is 1. The predicted molar refractivity (Wildman–Crippen MR) is 87.1 cm³/mol. The summed E-state index contributed by atoms with van der Waals surface area (Å²) in [6.45, 7) is 9.02. The second kappa shape index (κ2) is 11.0. The Morgan fingerprint density at radius 3 is 2.84 bits per heavy atom. The van der Waals surface area contributed by atoms with Gasteiger partial charge in [0.1, 0.15) is 0 Å². The average Bonchev–Trinajstić information content (AvgIpc) is 2.94. The lowest BCUT2D eigenvalue weighted by molar-refractivity contribution is 0.101. The lowest BCUT2D eigenvalue weighted by Gasteiger charge is -2.20. The molecule has 3 unspecified atom stereocenters. The van der Waals surface area contributed by atoms with Gasteiger partial charge in [0.15, 0.2) is 0 Å². The average molecular weight is 288 g/mol. The zero-order valence-corrected chi connectivity index (χ0v) is 13.9. The fraction of sp³-hybridized carbons (Fsp3) is 1.00. The predicted octanol–water partition coefficient (Wildman–Crippen LogP) is 4.24. The summed E-state index contributed by atoms with van der Waals surface area (Å²) in [5.41, 5.74) is 0. The van der Waals surface area contributed by atoms with Gasteiger partial charge in [0.05, 0.1) is 6.10 Å². The first-order valence-electron chi connectivity index (χ1n) is 8.22. The van der Waals surface area contributed by atoms with Crippen LogP contribution in [0.1, 0.15) is 65.7 Å². The zero-order chi connectivity index (χ0) is 13.9. The quantitative estimate of drug-likeness (QED) is 0.614. The normalized spacial score (nSPS) is 22.6. The molecule has 3 atom stereocenters. The molecule has 1 aliphatic heterocycles. The van der Waals surface area contributed by atoms with Crippen molar-refractivity contribution >= 4 is 11.8 Å². The number of ether oxygens (including phenoxy) is 1. The first-order chi connectivity index (χ1) is 9.26. The molecule has 0 radical (unpaired) electrons. The van der Waals surface area contributed by atoms with Crippen molar-refractivity contribution in [3.05, 3.63) is 0 Å². The van der Waals surface area contributed by atoms with Crippen LogP contribution in [-0.4, -0.2) is 36.3 Å². The van der Waals surface area contributed by atoms with Gasteiger partial charge in [-0.15, -0.1) is 0 Å². The van der Waals surface area contributed by atoms with E-state index in [9.17, 15) is 0 Å². The van der Waals surface area contributed by atoms with Gasteiger partial charge in [-0.05, 0) is 51.5 Å². The zero-order valence-electron chi connectivity index (χ0n) is 13.1. The number of rotatable bonds is 11. The van der Waals surface area contributed by atoms with Gasteiger partial charge < -0.3 is 10.1 Å². The molecule has 0 amide bonds. The molecule has 0 aromatic heterocycles. The first kappa shape index (κ1) is 17.3. The molecule has 0 aromatic carbocycles. The molecule has 3 heteroatoms. The van der Waals surface area contributed by atoms with Crippen LogP contribution in [0.5, 0.6) is 0 Å². The third-order valence-electron chi connectivity index (χ3n) is 3.94. The van der Waals surface area contributed by atoms with E-state index in [1.807, 2.05) is 0 Å². The van der Waals surface area contributed by atoms with E-state index in [4.69, 9.17) is 4.74 Å². The summed E-state index contributed by atoms with van der Waals surface area (Å²) in [7, 11) is 0. The van der Waals surface area contributed by atoms with Crippen molar-refractivity contribution in [2.75, 3.05) is 18.9 Å². The lowest BCUT2D eigenvalue weighted by Crippen LogP contribution is -2.32. The summed E-state index contributed by atoms with van der Waals surface area (Å²) in [6, 6.07) is 0.695. The third kappa shape index (κ3) is 8.21. The summed E-state index contributed by atoms with van der Waals surface area (Å²) in [4.78, 5) is 0. The van der Waals surface area contributed by atoms with Gasteiger partial charge in [0.2, 0.25) is 0 Å². The van der Waals surface area contributed by atoms with Gasteiger partial charge in [-0.2, -0.15) is 11.8 Å². The fourth-order valence-electron chi connectivity index (χ4n) is 2.45. The van der Waals surface area contributed by atoms with Crippen molar-refractivity contribution in [2.45, 2.75) is 83.1 Å². The molecule has 0 aliphatic carbocycles. The summed E-state index contributed by atoms with van der Waals surface area (Å²) in [5, 5.41) is 4.51. The van der Waals surface area contributed by atoms with Crippen LogP contribution >= 0.6 is 11.8 Å². The van der Waals surface area contributed by atoms with Crippen molar-refractivity contribution in [1.29, 1.82) is 0 Å². The maximum atomic E-state index is 5.71. The molecule has 1 N–H and O–H groups in total. The third-order valence-corrected chi connectivity index (χ3v) is 5.44. The summed E-state index contributed by atoms with van der Waals surface area (Å²) in [5.74, 6) is 1.26. The molecule has 0 aromatic rings. The van der Waals surface area contributed by atoms with Gasteiger partial charge in [0.25, 0.3) is 0 Å². The Kier molecular flexibility index (Phi) is 10.0. The molecule has 1 aliphatic rings.